The maximum atomic E-state index is 12.3. The van der Waals surface area contributed by atoms with Gasteiger partial charge >= 0.3 is 5.97 Å². The fourth-order valence-corrected chi connectivity index (χ4v) is 3.06. The molecule has 0 radical (unpaired) electrons. The molecule has 0 aliphatic heterocycles. The van der Waals surface area contributed by atoms with Crippen molar-refractivity contribution in [2.45, 2.75) is 17.6 Å². The Hall–Kier alpha value is -2.14. The van der Waals surface area contributed by atoms with Crippen molar-refractivity contribution in [3.8, 4) is 5.75 Å². The third-order valence-electron chi connectivity index (χ3n) is 3.16. The van der Waals surface area contributed by atoms with E-state index >= 15 is 0 Å². The minimum absolute atomic E-state index is 0.190. The molecule has 0 spiro atoms. The van der Waals surface area contributed by atoms with Gasteiger partial charge in [-0.05, 0) is 42.3 Å². The molecule has 0 aliphatic carbocycles. The molecule has 0 saturated heterocycles. The van der Waals surface area contributed by atoms with Crippen LogP contribution in [0.15, 0.2) is 47.4 Å². The van der Waals surface area contributed by atoms with Crippen molar-refractivity contribution >= 4 is 16.8 Å². The fraction of sp³-hybridized carbons (Fsp3) is 0.188. The monoisotopic (exact) mass is 304 g/mol. The quantitative estimate of drug-likeness (QED) is 0.922. The normalized spacial score (nSPS) is 11.9. The summed E-state index contributed by atoms with van der Waals surface area (Å²) < 4.78 is 17.4. The largest absolute Gasteiger partial charge is 0.497 e. The molecule has 21 heavy (non-hydrogen) atoms. The van der Waals surface area contributed by atoms with Crippen molar-refractivity contribution in [1.82, 2.24) is 0 Å². The van der Waals surface area contributed by atoms with Gasteiger partial charge in [0, 0.05) is 4.90 Å². The van der Waals surface area contributed by atoms with Crippen LogP contribution in [0.25, 0.3) is 0 Å². The molecule has 5 heteroatoms. The summed E-state index contributed by atoms with van der Waals surface area (Å²) in [6.45, 7) is 1.72. The number of hydrogen-bond acceptors (Lipinski definition) is 3. The zero-order valence-electron chi connectivity index (χ0n) is 11.8. The van der Waals surface area contributed by atoms with Gasteiger partial charge < -0.3 is 9.84 Å². The van der Waals surface area contributed by atoms with Crippen molar-refractivity contribution in [3.63, 3.8) is 0 Å². The molecular weight excluding hydrogens is 288 g/mol. The van der Waals surface area contributed by atoms with Gasteiger partial charge in [0.25, 0.3) is 0 Å². The second kappa shape index (κ2) is 6.54. The molecule has 0 bridgehead atoms. The Kier molecular flexibility index (Phi) is 4.75. The van der Waals surface area contributed by atoms with E-state index in [1.807, 2.05) is 24.3 Å². The van der Waals surface area contributed by atoms with Crippen LogP contribution >= 0.6 is 0 Å². The number of benzene rings is 2. The van der Waals surface area contributed by atoms with Crippen molar-refractivity contribution in [2.75, 3.05) is 7.11 Å². The average Bonchev–Trinajstić information content (AvgIpc) is 2.48. The molecule has 0 saturated carbocycles. The Morgan fingerprint density at radius 2 is 1.86 bits per heavy atom. The summed E-state index contributed by atoms with van der Waals surface area (Å²) in [5.74, 6) is 0.0791. The van der Waals surface area contributed by atoms with Gasteiger partial charge in [0.05, 0.1) is 29.2 Å². The van der Waals surface area contributed by atoms with Gasteiger partial charge in [0.1, 0.15) is 5.75 Å². The fourth-order valence-electron chi connectivity index (χ4n) is 1.93. The molecular formula is C16H16O4S. The van der Waals surface area contributed by atoms with E-state index < -0.39 is 16.8 Å². The number of aryl methyl sites for hydroxylation is 1. The Morgan fingerprint density at radius 3 is 2.43 bits per heavy atom. The van der Waals surface area contributed by atoms with E-state index in [4.69, 9.17) is 9.84 Å². The van der Waals surface area contributed by atoms with Crippen LogP contribution in [-0.4, -0.2) is 22.4 Å². The molecule has 0 aromatic heterocycles. The highest BCUT2D eigenvalue weighted by molar-refractivity contribution is 7.84. The average molecular weight is 304 g/mol. The van der Waals surface area contributed by atoms with Gasteiger partial charge in [-0.15, -0.1) is 0 Å². The number of rotatable bonds is 5. The lowest BCUT2D eigenvalue weighted by Gasteiger charge is -2.07. The van der Waals surface area contributed by atoms with E-state index in [0.717, 1.165) is 11.3 Å². The van der Waals surface area contributed by atoms with Crippen LogP contribution in [0.1, 0.15) is 21.5 Å². The highest BCUT2D eigenvalue weighted by atomic mass is 32.2. The van der Waals surface area contributed by atoms with Gasteiger partial charge in [-0.25, -0.2) is 4.79 Å². The minimum atomic E-state index is -1.28. The molecule has 1 atom stereocenters. The third-order valence-corrected chi connectivity index (χ3v) is 4.53. The third kappa shape index (κ3) is 3.70. The number of hydrogen-bond donors (Lipinski definition) is 1. The molecule has 1 unspecified atom stereocenters. The van der Waals surface area contributed by atoms with E-state index in [9.17, 15) is 9.00 Å². The number of ether oxygens (including phenoxy) is 1. The maximum absolute atomic E-state index is 12.3. The molecule has 0 amide bonds. The molecule has 4 nitrogen and oxygen atoms in total. The van der Waals surface area contributed by atoms with E-state index in [-0.39, 0.29) is 5.56 Å². The van der Waals surface area contributed by atoms with Gasteiger partial charge in [0.15, 0.2) is 0 Å². The van der Waals surface area contributed by atoms with E-state index in [1.165, 1.54) is 6.07 Å². The summed E-state index contributed by atoms with van der Waals surface area (Å²) in [6.07, 6.45) is 0. The van der Waals surface area contributed by atoms with Crippen molar-refractivity contribution in [2.24, 2.45) is 0 Å². The first-order valence-electron chi connectivity index (χ1n) is 6.36. The molecule has 0 aliphatic rings. The minimum Gasteiger partial charge on any atom is -0.497 e. The summed E-state index contributed by atoms with van der Waals surface area (Å²) in [6, 6.07) is 12.2. The first-order valence-corrected chi connectivity index (χ1v) is 7.68. The predicted octanol–water partition coefficient (Wildman–Crippen LogP) is 3.01. The zero-order chi connectivity index (χ0) is 15.4. The lowest BCUT2D eigenvalue weighted by atomic mass is 10.1. The molecule has 0 heterocycles. The molecule has 1 N–H and O–H groups in total. The van der Waals surface area contributed by atoms with Gasteiger partial charge in [-0.3, -0.25) is 4.21 Å². The molecule has 2 rings (SSSR count). The first kappa shape index (κ1) is 15.3. The number of carboxylic acids is 1. The zero-order valence-corrected chi connectivity index (χ0v) is 12.6. The molecule has 0 fully saturated rings. The Balaban J connectivity index is 2.19. The number of carbonyl (C=O) groups is 1. The van der Waals surface area contributed by atoms with Gasteiger partial charge in [-0.2, -0.15) is 0 Å². The second-order valence-corrected chi connectivity index (χ2v) is 6.07. The van der Waals surface area contributed by atoms with Crippen LogP contribution < -0.4 is 4.74 Å². The Labute approximate surface area is 125 Å². The first-order chi connectivity index (χ1) is 10.0. The van der Waals surface area contributed by atoms with Crippen LogP contribution in [0, 0.1) is 6.92 Å². The van der Waals surface area contributed by atoms with Crippen LogP contribution in [0.4, 0.5) is 0 Å². The smallest absolute Gasteiger partial charge is 0.335 e. The second-order valence-electron chi connectivity index (χ2n) is 4.62. The highest BCUT2D eigenvalue weighted by Gasteiger charge is 2.12. The van der Waals surface area contributed by atoms with E-state index in [2.05, 4.69) is 0 Å². The van der Waals surface area contributed by atoms with E-state index in [1.54, 1.807) is 26.2 Å². The van der Waals surface area contributed by atoms with Crippen LogP contribution in [0.2, 0.25) is 0 Å². The standard InChI is InChI=1S/C16H16O4S/c1-11-3-8-14(9-15(11)16(17)18)21(19)10-12-4-6-13(20-2)7-5-12/h3-9H,10H2,1-2H3,(H,17,18). The summed E-state index contributed by atoms with van der Waals surface area (Å²) in [5.41, 5.74) is 1.76. The van der Waals surface area contributed by atoms with E-state index in [0.29, 0.717) is 16.2 Å². The lowest BCUT2D eigenvalue weighted by molar-refractivity contribution is 0.0696. The predicted molar refractivity (Wildman–Crippen MR) is 81.2 cm³/mol. The maximum Gasteiger partial charge on any atom is 0.335 e. The van der Waals surface area contributed by atoms with Crippen LogP contribution in [0.3, 0.4) is 0 Å². The van der Waals surface area contributed by atoms with Crippen molar-refractivity contribution < 1.29 is 18.8 Å². The Morgan fingerprint density at radius 1 is 1.19 bits per heavy atom. The molecule has 110 valence electrons. The summed E-state index contributed by atoms with van der Waals surface area (Å²) >= 11 is 0. The Bertz CT molecular complexity index is 677. The van der Waals surface area contributed by atoms with Gasteiger partial charge in [-0.1, -0.05) is 18.2 Å². The molecule has 2 aromatic rings. The van der Waals surface area contributed by atoms with Crippen molar-refractivity contribution in [1.29, 1.82) is 0 Å². The van der Waals surface area contributed by atoms with Crippen LogP contribution in [0.5, 0.6) is 5.75 Å². The van der Waals surface area contributed by atoms with Crippen LogP contribution in [-0.2, 0) is 16.6 Å². The summed E-state index contributed by atoms with van der Waals surface area (Å²) in [5, 5.41) is 9.11. The summed E-state index contributed by atoms with van der Waals surface area (Å²) in [4.78, 5) is 11.6. The SMILES string of the molecule is COc1ccc(CS(=O)c2ccc(C)c(C(=O)O)c2)cc1. The highest BCUT2D eigenvalue weighted by Crippen LogP contribution is 2.18. The number of carboxylic acid groups (broad SMARTS) is 1. The topological polar surface area (TPSA) is 63.6 Å². The number of aromatic carboxylic acids is 1. The number of methoxy groups -OCH3 is 1. The van der Waals surface area contributed by atoms with Crippen molar-refractivity contribution in [3.05, 3.63) is 59.2 Å². The summed E-state index contributed by atoms with van der Waals surface area (Å²) in [7, 11) is 0.308. The molecule has 2 aromatic carbocycles. The van der Waals surface area contributed by atoms with Gasteiger partial charge in [0.2, 0.25) is 0 Å². The lowest BCUT2D eigenvalue weighted by Crippen LogP contribution is -2.03.